The van der Waals surface area contributed by atoms with Gasteiger partial charge < -0.3 is 14.9 Å². The zero-order chi connectivity index (χ0) is 25.8. The van der Waals surface area contributed by atoms with Crippen molar-refractivity contribution in [2.45, 2.75) is 5.41 Å². The maximum atomic E-state index is 10.4. The predicted octanol–water partition coefficient (Wildman–Crippen LogP) is 9.40. The van der Waals surface area contributed by atoms with Gasteiger partial charge in [-0.3, -0.25) is 0 Å². The monoisotopic (exact) mass is 620 g/mol. The van der Waals surface area contributed by atoms with Crippen molar-refractivity contribution in [1.82, 2.24) is 0 Å². The zero-order valence-electron chi connectivity index (χ0n) is 19.8. The molecular weight excluding hydrogens is 604 g/mol. The molecule has 0 amide bonds. The Kier molecular flexibility index (Phi) is 4.45. The Balaban J connectivity index is 1.58. The summed E-state index contributed by atoms with van der Waals surface area (Å²) < 4.78 is 7.97. The van der Waals surface area contributed by atoms with Gasteiger partial charge in [-0.2, -0.15) is 0 Å². The topological polar surface area (TPSA) is 49.7 Å². The van der Waals surface area contributed by atoms with Crippen molar-refractivity contribution in [2.24, 2.45) is 0 Å². The highest BCUT2D eigenvalue weighted by Gasteiger charge is 2.51. The highest BCUT2D eigenvalue weighted by Crippen LogP contribution is 2.63. The molecule has 6 aromatic carbocycles. The first-order valence-electron chi connectivity index (χ1n) is 12.3. The molecule has 3 nitrogen and oxygen atoms in total. The molecule has 38 heavy (non-hydrogen) atoms. The highest BCUT2D eigenvalue weighted by atomic mass is 79.9. The fraction of sp³-hybridized carbons (Fsp3) is 0.0303. The van der Waals surface area contributed by atoms with Crippen LogP contribution in [0.15, 0.2) is 106 Å². The Bertz CT molecular complexity index is 1870. The second kappa shape index (κ2) is 7.62. The minimum Gasteiger partial charge on any atom is -0.507 e. The number of rotatable bonds is 0. The lowest BCUT2D eigenvalue weighted by Gasteiger charge is -2.40. The second-order valence-electron chi connectivity index (χ2n) is 9.94. The molecule has 2 aliphatic rings. The third kappa shape index (κ3) is 2.78. The minimum absolute atomic E-state index is 0.187. The van der Waals surface area contributed by atoms with Crippen LogP contribution in [0.5, 0.6) is 23.0 Å². The summed E-state index contributed by atoms with van der Waals surface area (Å²) in [5.74, 6) is 1.87. The molecule has 1 spiro atoms. The molecule has 1 heterocycles. The van der Waals surface area contributed by atoms with E-state index in [1.807, 2.05) is 24.3 Å². The van der Waals surface area contributed by atoms with Gasteiger partial charge in [0, 0.05) is 11.1 Å². The van der Waals surface area contributed by atoms with Crippen molar-refractivity contribution in [2.75, 3.05) is 0 Å². The zero-order valence-corrected chi connectivity index (χ0v) is 23.0. The van der Waals surface area contributed by atoms with Gasteiger partial charge >= 0.3 is 0 Å². The SMILES string of the molecule is Oc1cc2cc3c(cc2cc1Br)C1(c2cc4cc(Br)c(O)cc4cc2O3)c2ccccc2-c2ccccc21. The van der Waals surface area contributed by atoms with Gasteiger partial charge in [-0.05, 0) is 124 Å². The van der Waals surface area contributed by atoms with Crippen LogP contribution in [-0.2, 0) is 5.41 Å². The fourth-order valence-corrected chi connectivity index (χ4v) is 7.13. The summed E-state index contributed by atoms with van der Waals surface area (Å²) in [4.78, 5) is 0. The van der Waals surface area contributed by atoms with E-state index in [1.54, 1.807) is 12.1 Å². The van der Waals surface area contributed by atoms with Gasteiger partial charge in [0.15, 0.2) is 0 Å². The molecule has 0 aromatic heterocycles. The molecule has 2 N–H and O–H groups in total. The van der Waals surface area contributed by atoms with E-state index in [0.717, 1.165) is 44.2 Å². The van der Waals surface area contributed by atoms with Crippen molar-refractivity contribution in [3.05, 3.63) is 128 Å². The number of phenols is 2. The van der Waals surface area contributed by atoms with Crippen LogP contribution in [0.1, 0.15) is 22.3 Å². The van der Waals surface area contributed by atoms with Gasteiger partial charge in [0.25, 0.3) is 0 Å². The summed E-state index contributed by atoms with van der Waals surface area (Å²) >= 11 is 7.00. The van der Waals surface area contributed by atoms with E-state index in [9.17, 15) is 10.2 Å². The molecule has 182 valence electrons. The standard InChI is InChI=1S/C33H18Br2O3/c34-27-11-17-9-25-31(15-19(17)13-29(27)36)38-32-16-20-14-30(37)28(35)12-18(20)10-26(32)33(25)23-7-3-1-5-21(23)22-6-2-4-8-24(22)33/h1-16,36-37H. The number of hydrogen-bond donors (Lipinski definition) is 2. The fourth-order valence-electron chi connectivity index (χ4n) is 6.41. The van der Waals surface area contributed by atoms with Crippen molar-refractivity contribution in [1.29, 1.82) is 0 Å². The van der Waals surface area contributed by atoms with E-state index in [2.05, 4.69) is 92.5 Å². The van der Waals surface area contributed by atoms with Crippen LogP contribution in [-0.4, -0.2) is 10.2 Å². The Hall–Kier alpha value is -3.80. The third-order valence-corrected chi connectivity index (χ3v) is 9.26. The summed E-state index contributed by atoms with van der Waals surface area (Å²) in [5, 5.41) is 24.6. The molecule has 5 heteroatoms. The minimum atomic E-state index is -0.604. The predicted molar refractivity (Wildman–Crippen MR) is 158 cm³/mol. The molecule has 6 aromatic rings. The maximum absolute atomic E-state index is 10.4. The summed E-state index contributed by atoms with van der Waals surface area (Å²) in [7, 11) is 0. The van der Waals surface area contributed by atoms with Crippen LogP contribution < -0.4 is 4.74 Å². The van der Waals surface area contributed by atoms with Crippen LogP contribution in [0.25, 0.3) is 32.7 Å². The summed E-state index contributed by atoms with van der Waals surface area (Å²) in [6.07, 6.45) is 0. The maximum Gasteiger partial charge on any atom is 0.132 e. The van der Waals surface area contributed by atoms with Gasteiger partial charge in [0.2, 0.25) is 0 Å². The Morgan fingerprint density at radius 1 is 0.500 bits per heavy atom. The van der Waals surface area contributed by atoms with Gasteiger partial charge in [-0.1, -0.05) is 48.5 Å². The highest BCUT2D eigenvalue weighted by molar-refractivity contribution is 9.11. The first-order chi connectivity index (χ1) is 18.4. The van der Waals surface area contributed by atoms with Crippen LogP contribution in [0.3, 0.4) is 0 Å². The molecule has 1 aliphatic heterocycles. The first-order valence-corrected chi connectivity index (χ1v) is 13.8. The van der Waals surface area contributed by atoms with Gasteiger partial charge in [0.05, 0.1) is 14.4 Å². The lowest BCUT2D eigenvalue weighted by atomic mass is 9.65. The van der Waals surface area contributed by atoms with E-state index in [0.29, 0.717) is 8.95 Å². The lowest BCUT2D eigenvalue weighted by molar-refractivity contribution is 0.438. The van der Waals surface area contributed by atoms with Crippen molar-refractivity contribution in [3.63, 3.8) is 0 Å². The molecule has 0 bridgehead atoms. The van der Waals surface area contributed by atoms with Crippen molar-refractivity contribution < 1.29 is 14.9 Å². The van der Waals surface area contributed by atoms with Gasteiger partial charge in [0.1, 0.15) is 23.0 Å². The summed E-state index contributed by atoms with van der Waals surface area (Å²) in [6.45, 7) is 0. The van der Waals surface area contributed by atoms with E-state index in [-0.39, 0.29) is 11.5 Å². The van der Waals surface area contributed by atoms with Gasteiger partial charge in [-0.25, -0.2) is 0 Å². The Labute approximate surface area is 235 Å². The normalized spacial score (nSPS) is 14.2. The molecule has 0 radical (unpaired) electrons. The van der Waals surface area contributed by atoms with Crippen LogP contribution in [0, 0.1) is 0 Å². The molecule has 0 saturated heterocycles. The molecule has 8 rings (SSSR count). The summed E-state index contributed by atoms with van der Waals surface area (Å²) in [6, 6.07) is 33.1. The Morgan fingerprint density at radius 3 is 1.39 bits per heavy atom. The number of phenolic OH excluding ortho intramolecular Hbond substituents is 2. The molecular formula is C33H18Br2O3. The van der Waals surface area contributed by atoms with Crippen molar-refractivity contribution in [3.8, 4) is 34.1 Å². The number of halogens is 2. The first kappa shape index (κ1) is 22.2. The average molecular weight is 622 g/mol. The number of hydrogen-bond acceptors (Lipinski definition) is 3. The van der Waals surface area contributed by atoms with E-state index >= 15 is 0 Å². The van der Waals surface area contributed by atoms with E-state index < -0.39 is 5.41 Å². The third-order valence-electron chi connectivity index (χ3n) is 7.99. The molecule has 0 atom stereocenters. The molecule has 0 saturated carbocycles. The van der Waals surface area contributed by atoms with E-state index in [1.165, 1.54) is 22.3 Å². The molecule has 1 aliphatic carbocycles. The number of benzene rings is 6. The number of ether oxygens (including phenoxy) is 1. The largest absolute Gasteiger partial charge is 0.507 e. The number of fused-ring (bicyclic) bond motifs is 11. The van der Waals surface area contributed by atoms with Crippen LogP contribution >= 0.6 is 31.9 Å². The average Bonchev–Trinajstić information content (AvgIpc) is 3.20. The smallest absolute Gasteiger partial charge is 0.132 e. The number of aromatic hydroxyl groups is 2. The second-order valence-corrected chi connectivity index (χ2v) is 11.7. The summed E-state index contributed by atoms with van der Waals surface area (Å²) in [5.41, 5.74) is 6.35. The van der Waals surface area contributed by atoms with Crippen LogP contribution in [0.4, 0.5) is 0 Å². The molecule has 0 unspecified atom stereocenters. The van der Waals surface area contributed by atoms with E-state index in [4.69, 9.17) is 4.74 Å². The van der Waals surface area contributed by atoms with Gasteiger partial charge in [-0.15, -0.1) is 0 Å². The molecule has 0 fully saturated rings. The lowest BCUT2D eigenvalue weighted by Crippen LogP contribution is -2.32. The Morgan fingerprint density at radius 2 is 0.921 bits per heavy atom. The van der Waals surface area contributed by atoms with Crippen molar-refractivity contribution >= 4 is 53.4 Å². The van der Waals surface area contributed by atoms with Crippen LogP contribution in [0.2, 0.25) is 0 Å². The quantitative estimate of drug-likeness (QED) is 0.177.